The fraction of sp³-hybridized carbons (Fsp3) is 0.900. The molecule has 0 bridgehead atoms. The van der Waals surface area contributed by atoms with E-state index in [1.165, 1.54) is 8.61 Å². The van der Waals surface area contributed by atoms with Gasteiger partial charge in [0, 0.05) is 26.2 Å². The summed E-state index contributed by atoms with van der Waals surface area (Å²) in [5, 5.41) is 8.73. The van der Waals surface area contributed by atoms with Crippen molar-refractivity contribution in [2.45, 2.75) is 19.8 Å². The summed E-state index contributed by atoms with van der Waals surface area (Å²) in [7, 11) is -3.42. The van der Waals surface area contributed by atoms with Crippen LogP contribution < -0.4 is 0 Å². The number of nitrogens with zero attached hydrogens (tertiary/aromatic N) is 2. The van der Waals surface area contributed by atoms with Crippen molar-refractivity contribution >= 4 is 16.2 Å². The van der Waals surface area contributed by atoms with Crippen molar-refractivity contribution < 1.29 is 18.3 Å². The Morgan fingerprint density at radius 3 is 2.41 bits per heavy atom. The Hall–Kier alpha value is -0.660. The van der Waals surface area contributed by atoms with E-state index in [1.54, 1.807) is 0 Å². The highest BCUT2D eigenvalue weighted by Crippen LogP contribution is 2.26. The molecule has 2 saturated heterocycles. The first-order valence-electron chi connectivity index (χ1n) is 5.89. The summed E-state index contributed by atoms with van der Waals surface area (Å²) in [4.78, 5) is 10.6. The Morgan fingerprint density at radius 2 is 1.88 bits per heavy atom. The molecule has 2 fully saturated rings. The third kappa shape index (κ3) is 2.46. The van der Waals surface area contributed by atoms with E-state index < -0.39 is 22.1 Å². The van der Waals surface area contributed by atoms with Crippen LogP contribution in [0.5, 0.6) is 0 Å². The lowest BCUT2D eigenvalue weighted by atomic mass is 10.0. The summed E-state index contributed by atoms with van der Waals surface area (Å²) in [5.41, 5.74) is 0. The maximum Gasteiger partial charge on any atom is 0.309 e. The zero-order chi connectivity index (χ0) is 12.6. The average molecular weight is 262 g/mol. The highest BCUT2D eigenvalue weighted by atomic mass is 32.2. The molecule has 0 aromatic rings. The van der Waals surface area contributed by atoms with Crippen molar-refractivity contribution in [1.29, 1.82) is 0 Å². The number of carbonyl (C=O) groups is 1. The first-order valence-corrected chi connectivity index (χ1v) is 7.29. The molecular weight excluding hydrogens is 244 g/mol. The molecule has 2 aliphatic heterocycles. The second-order valence-corrected chi connectivity index (χ2v) is 6.89. The topological polar surface area (TPSA) is 77.9 Å². The molecule has 2 rings (SSSR count). The van der Waals surface area contributed by atoms with Gasteiger partial charge in [-0.2, -0.15) is 17.0 Å². The van der Waals surface area contributed by atoms with Gasteiger partial charge < -0.3 is 5.11 Å². The molecule has 0 aromatic carbocycles. The van der Waals surface area contributed by atoms with Crippen molar-refractivity contribution in [2.24, 2.45) is 11.8 Å². The molecule has 1 unspecified atom stereocenters. The molecule has 0 radical (unpaired) electrons. The normalized spacial score (nSPS) is 28.9. The Bertz CT molecular complexity index is 403. The minimum absolute atomic E-state index is 0.114. The molecule has 0 spiro atoms. The molecular formula is C10H18N2O4S. The molecule has 1 atom stereocenters. The maximum atomic E-state index is 12.1. The van der Waals surface area contributed by atoms with Crippen LogP contribution in [0.15, 0.2) is 0 Å². The molecule has 0 saturated carbocycles. The first kappa shape index (κ1) is 12.8. The van der Waals surface area contributed by atoms with Crippen LogP contribution in [0.2, 0.25) is 0 Å². The molecule has 2 heterocycles. The minimum Gasteiger partial charge on any atom is -0.481 e. The summed E-state index contributed by atoms with van der Waals surface area (Å²) < 4.78 is 27.0. The Morgan fingerprint density at radius 1 is 1.24 bits per heavy atom. The van der Waals surface area contributed by atoms with E-state index in [0.717, 1.165) is 12.8 Å². The van der Waals surface area contributed by atoms with Gasteiger partial charge in [-0.1, -0.05) is 6.92 Å². The quantitative estimate of drug-likeness (QED) is 0.775. The molecule has 2 aliphatic rings. The van der Waals surface area contributed by atoms with Crippen molar-refractivity contribution in [1.82, 2.24) is 8.61 Å². The van der Waals surface area contributed by atoms with Gasteiger partial charge in [0.1, 0.15) is 0 Å². The second kappa shape index (κ2) is 4.55. The van der Waals surface area contributed by atoms with Crippen LogP contribution in [-0.4, -0.2) is 54.3 Å². The molecule has 0 aromatic heterocycles. The summed E-state index contributed by atoms with van der Waals surface area (Å²) in [5.74, 6) is -1.06. The average Bonchev–Trinajstić information content (AvgIpc) is 2.13. The van der Waals surface area contributed by atoms with Gasteiger partial charge in [-0.3, -0.25) is 4.79 Å². The first-order chi connectivity index (χ1) is 7.91. The highest BCUT2D eigenvalue weighted by Gasteiger charge is 2.43. The van der Waals surface area contributed by atoms with E-state index in [-0.39, 0.29) is 13.1 Å². The minimum atomic E-state index is -3.42. The van der Waals surface area contributed by atoms with E-state index >= 15 is 0 Å². The summed E-state index contributed by atoms with van der Waals surface area (Å²) >= 11 is 0. The van der Waals surface area contributed by atoms with Crippen molar-refractivity contribution in [3.05, 3.63) is 0 Å². The predicted molar refractivity (Wildman–Crippen MR) is 61.6 cm³/mol. The van der Waals surface area contributed by atoms with Crippen LogP contribution in [0.25, 0.3) is 0 Å². The fourth-order valence-electron chi connectivity index (χ4n) is 2.30. The van der Waals surface area contributed by atoms with E-state index in [9.17, 15) is 13.2 Å². The fourth-order valence-corrected chi connectivity index (χ4v) is 4.17. The van der Waals surface area contributed by atoms with Crippen LogP contribution in [0.4, 0.5) is 0 Å². The third-order valence-electron chi connectivity index (χ3n) is 3.47. The van der Waals surface area contributed by atoms with Gasteiger partial charge in [-0.25, -0.2) is 0 Å². The molecule has 1 N–H and O–H groups in total. The molecule has 6 nitrogen and oxygen atoms in total. The van der Waals surface area contributed by atoms with Gasteiger partial charge in [0.05, 0.1) is 5.92 Å². The summed E-state index contributed by atoms with van der Waals surface area (Å²) in [6, 6.07) is 0. The van der Waals surface area contributed by atoms with Crippen LogP contribution in [0, 0.1) is 11.8 Å². The van der Waals surface area contributed by atoms with Crippen molar-refractivity contribution in [3.63, 3.8) is 0 Å². The van der Waals surface area contributed by atoms with Crippen molar-refractivity contribution in [2.75, 3.05) is 26.2 Å². The molecule has 0 amide bonds. The van der Waals surface area contributed by atoms with Gasteiger partial charge in [0.15, 0.2) is 0 Å². The second-order valence-electron chi connectivity index (χ2n) is 4.97. The molecule has 7 heteroatoms. The monoisotopic (exact) mass is 262 g/mol. The molecule has 98 valence electrons. The van der Waals surface area contributed by atoms with E-state index in [4.69, 9.17) is 5.11 Å². The number of aliphatic carboxylic acids is 1. The Labute approximate surface area is 101 Å². The maximum absolute atomic E-state index is 12.1. The number of hydrogen-bond acceptors (Lipinski definition) is 3. The smallest absolute Gasteiger partial charge is 0.309 e. The lowest BCUT2D eigenvalue weighted by Crippen LogP contribution is -2.58. The van der Waals surface area contributed by atoms with Gasteiger partial charge in [0.25, 0.3) is 10.2 Å². The lowest BCUT2D eigenvalue weighted by molar-refractivity contribution is -0.145. The van der Waals surface area contributed by atoms with Crippen LogP contribution in [0.3, 0.4) is 0 Å². The Kier molecular flexibility index (Phi) is 3.42. The largest absolute Gasteiger partial charge is 0.481 e. The van der Waals surface area contributed by atoms with E-state index in [2.05, 4.69) is 0 Å². The number of piperidine rings is 1. The van der Waals surface area contributed by atoms with Gasteiger partial charge in [-0.15, -0.1) is 0 Å². The Balaban J connectivity index is 1.98. The third-order valence-corrected chi connectivity index (χ3v) is 5.40. The number of carboxylic acid groups (broad SMARTS) is 1. The lowest BCUT2D eigenvalue weighted by Gasteiger charge is -2.40. The highest BCUT2D eigenvalue weighted by molar-refractivity contribution is 7.86. The predicted octanol–water partition coefficient (Wildman–Crippen LogP) is -0.0205. The van der Waals surface area contributed by atoms with Gasteiger partial charge in [0.2, 0.25) is 0 Å². The van der Waals surface area contributed by atoms with E-state index in [1.807, 2.05) is 6.92 Å². The number of rotatable bonds is 3. The number of hydrogen-bond donors (Lipinski definition) is 1. The summed E-state index contributed by atoms with van der Waals surface area (Å²) in [6.07, 6.45) is 1.94. The SMILES string of the molecule is CC1CCCN(S(=O)(=O)N2CC(C(=O)O)C2)C1. The zero-order valence-corrected chi connectivity index (χ0v) is 10.7. The van der Waals surface area contributed by atoms with Crippen LogP contribution in [-0.2, 0) is 15.0 Å². The van der Waals surface area contributed by atoms with Crippen molar-refractivity contribution in [3.8, 4) is 0 Å². The number of carboxylic acids is 1. The van der Waals surface area contributed by atoms with Crippen LogP contribution in [0.1, 0.15) is 19.8 Å². The van der Waals surface area contributed by atoms with Gasteiger partial charge >= 0.3 is 5.97 Å². The summed E-state index contributed by atoms with van der Waals surface area (Å²) in [6.45, 7) is 3.38. The van der Waals surface area contributed by atoms with Gasteiger partial charge in [-0.05, 0) is 18.8 Å². The zero-order valence-electron chi connectivity index (χ0n) is 9.87. The molecule has 0 aliphatic carbocycles. The van der Waals surface area contributed by atoms with Crippen LogP contribution >= 0.6 is 0 Å². The molecule has 17 heavy (non-hydrogen) atoms. The standard InChI is InChI=1S/C10H18N2O4S/c1-8-3-2-4-11(5-8)17(15,16)12-6-9(7-12)10(13)14/h8-9H,2-7H2,1H3,(H,13,14). The van der Waals surface area contributed by atoms with E-state index in [0.29, 0.717) is 19.0 Å².